The van der Waals surface area contributed by atoms with Gasteiger partial charge in [-0.2, -0.15) is 0 Å². The molecule has 6 nitrogen and oxygen atoms in total. The van der Waals surface area contributed by atoms with E-state index in [1.165, 1.54) is 0 Å². The van der Waals surface area contributed by atoms with Crippen molar-refractivity contribution < 1.29 is 23.8 Å². The van der Waals surface area contributed by atoms with Crippen molar-refractivity contribution in [2.75, 3.05) is 19.7 Å². The monoisotopic (exact) mass is 343 g/mol. The molecule has 1 N–H and O–H groups in total. The first kappa shape index (κ1) is 17.2. The van der Waals surface area contributed by atoms with Crippen LogP contribution in [0.3, 0.4) is 0 Å². The smallest absolute Gasteiger partial charge is 0.306 e. The van der Waals surface area contributed by atoms with Crippen molar-refractivity contribution >= 4 is 11.9 Å². The second kappa shape index (κ2) is 7.98. The van der Waals surface area contributed by atoms with Gasteiger partial charge in [0.2, 0.25) is 5.91 Å². The Balaban J connectivity index is 1.52. The summed E-state index contributed by atoms with van der Waals surface area (Å²) in [5.74, 6) is 0.637. The van der Waals surface area contributed by atoms with E-state index >= 15 is 0 Å². The van der Waals surface area contributed by atoms with E-state index in [0.29, 0.717) is 32.5 Å². The summed E-state index contributed by atoms with van der Waals surface area (Å²) in [5.41, 5.74) is 1.00. The fourth-order valence-corrected chi connectivity index (χ4v) is 2.92. The molecular formula is C19H21NO5. The van der Waals surface area contributed by atoms with E-state index in [4.69, 9.17) is 14.3 Å². The van der Waals surface area contributed by atoms with Gasteiger partial charge in [0.25, 0.3) is 0 Å². The molecule has 1 unspecified atom stereocenters. The van der Waals surface area contributed by atoms with E-state index in [9.17, 15) is 9.59 Å². The normalized spacial score (nSPS) is 17.4. The van der Waals surface area contributed by atoms with Crippen LogP contribution in [-0.4, -0.2) is 47.7 Å². The quantitative estimate of drug-likeness (QED) is 0.872. The van der Waals surface area contributed by atoms with Crippen molar-refractivity contribution in [1.29, 1.82) is 0 Å². The number of rotatable bonds is 6. The summed E-state index contributed by atoms with van der Waals surface area (Å²) in [5, 5.41) is 8.84. The number of aryl methyl sites for hydroxylation is 1. The average molecular weight is 343 g/mol. The second-order valence-electron chi connectivity index (χ2n) is 6.06. The van der Waals surface area contributed by atoms with Gasteiger partial charge in [-0.1, -0.05) is 30.3 Å². The van der Waals surface area contributed by atoms with Gasteiger partial charge in [-0.3, -0.25) is 9.59 Å². The number of carbonyl (C=O) groups excluding carboxylic acids is 1. The molecule has 1 aromatic heterocycles. The van der Waals surface area contributed by atoms with Gasteiger partial charge >= 0.3 is 5.97 Å². The first-order chi connectivity index (χ1) is 12.1. The number of amides is 1. The molecule has 0 radical (unpaired) electrons. The Bertz CT molecular complexity index is 724. The minimum absolute atomic E-state index is 0.00338. The van der Waals surface area contributed by atoms with Gasteiger partial charge in [-0.05, 0) is 12.1 Å². The molecule has 1 aliphatic rings. The molecule has 1 aromatic carbocycles. The molecule has 3 rings (SSSR count). The SMILES string of the molecule is O=C(O)CC1CN(C(=O)CCc2ccc(-c3ccccc3)o2)CCO1. The highest BCUT2D eigenvalue weighted by atomic mass is 16.5. The molecule has 0 saturated carbocycles. The van der Waals surface area contributed by atoms with Crippen LogP contribution in [-0.2, 0) is 20.7 Å². The Hall–Kier alpha value is -2.60. The van der Waals surface area contributed by atoms with Crippen LogP contribution in [0.25, 0.3) is 11.3 Å². The average Bonchev–Trinajstić information content (AvgIpc) is 3.09. The number of furan rings is 1. The van der Waals surface area contributed by atoms with Gasteiger partial charge in [-0.15, -0.1) is 0 Å². The van der Waals surface area contributed by atoms with E-state index in [1.54, 1.807) is 4.90 Å². The Morgan fingerprint density at radius 3 is 2.72 bits per heavy atom. The van der Waals surface area contributed by atoms with Crippen LogP contribution in [0.5, 0.6) is 0 Å². The number of benzene rings is 1. The molecule has 0 aliphatic carbocycles. The van der Waals surface area contributed by atoms with Crippen LogP contribution < -0.4 is 0 Å². The van der Waals surface area contributed by atoms with E-state index in [2.05, 4.69) is 0 Å². The third kappa shape index (κ3) is 4.70. The van der Waals surface area contributed by atoms with Gasteiger partial charge in [0.15, 0.2) is 0 Å². The number of aliphatic carboxylic acids is 1. The lowest BCUT2D eigenvalue weighted by molar-refractivity contribution is -0.147. The van der Waals surface area contributed by atoms with Crippen molar-refractivity contribution in [3.05, 3.63) is 48.2 Å². The van der Waals surface area contributed by atoms with Gasteiger partial charge in [0.05, 0.1) is 19.1 Å². The summed E-state index contributed by atoms with van der Waals surface area (Å²) in [7, 11) is 0. The van der Waals surface area contributed by atoms with Crippen LogP contribution in [0, 0.1) is 0 Å². The van der Waals surface area contributed by atoms with Crippen LogP contribution in [0.1, 0.15) is 18.6 Å². The molecule has 6 heteroatoms. The highest BCUT2D eigenvalue weighted by molar-refractivity contribution is 5.76. The minimum atomic E-state index is -0.914. The largest absolute Gasteiger partial charge is 0.481 e. The van der Waals surface area contributed by atoms with Gasteiger partial charge in [-0.25, -0.2) is 0 Å². The molecule has 0 spiro atoms. The number of morpholine rings is 1. The predicted octanol–water partition coefficient (Wildman–Crippen LogP) is 2.58. The molecule has 25 heavy (non-hydrogen) atoms. The number of carboxylic acid groups (broad SMARTS) is 1. The number of carboxylic acids is 1. The van der Waals surface area contributed by atoms with Gasteiger partial charge < -0.3 is 19.2 Å². The third-order valence-electron chi connectivity index (χ3n) is 4.20. The van der Waals surface area contributed by atoms with Gasteiger partial charge in [0.1, 0.15) is 11.5 Å². The summed E-state index contributed by atoms with van der Waals surface area (Å²) in [6.07, 6.45) is 0.347. The molecule has 2 aromatic rings. The second-order valence-corrected chi connectivity index (χ2v) is 6.06. The maximum absolute atomic E-state index is 12.4. The summed E-state index contributed by atoms with van der Waals surface area (Å²) >= 11 is 0. The Labute approximate surface area is 146 Å². The molecule has 1 saturated heterocycles. The zero-order chi connectivity index (χ0) is 17.6. The Morgan fingerprint density at radius 1 is 1.16 bits per heavy atom. The van der Waals surface area contributed by atoms with E-state index in [0.717, 1.165) is 17.1 Å². The van der Waals surface area contributed by atoms with Crippen LogP contribution >= 0.6 is 0 Å². The number of hydrogen-bond donors (Lipinski definition) is 1. The molecule has 1 fully saturated rings. The summed E-state index contributed by atoms with van der Waals surface area (Å²) in [4.78, 5) is 24.8. The lowest BCUT2D eigenvalue weighted by Crippen LogP contribution is -2.46. The van der Waals surface area contributed by atoms with Crippen molar-refractivity contribution in [2.24, 2.45) is 0 Å². The zero-order valence-electron chi connectivity index (χ0n) is 13.9. The van der Waals surface area contributed by atoms with Crippen LogP contribution in [0.15, 0.2) is 46.9 Å². The number of carbonyl (C=O) groups is 2. The van der Waals surface area contributed by atoms with Crippen LogP contribution in [0.2, 0.25) is 0 Å². The molecule has 1 atom stereocenters. The molecule has 2 heterocycles. The topological polar surface area (TPSA) is 80.0 Å². The molecule has 1 aliphatic heterocycles. The van der Waals surface area contributed by atoms with E-state index in [-0.39, 0.29) is 12.3 Å². The van der Waals surface area contributed by atoms with E-state index in [1.807, 2.05) is 42.5 Å². The van der Waals surface area contributed by atoms with Gasteiger partial charge in [0, 0.05) is 31.5 Å². The van der Waals surface area contributed by atoms with Crippen LogP contribution in [0.4, 0.5) is 0 Å². The van der Waals surface area contributed by atoms with Crippen molar-refractivity contribution in [2.45, 2.75) is 25.4 Å². The third-order valence-corrected chi connectivity index (χ3v) is 4.20. The lowest BCUT2D eigenvalue weighted by Gasteiger charge is -2.32. The zero-order valence-corrected chi connectivity index (χ0v) is 13.9. The Morgan fingerprint density at radius 2 is 1.96 bits per heavy atom. The maximum Gasteiger partial charge on any atom is 0.306 e. The first-order valence-electron chi connectivity index (χ1n) is 8.37. The summed E-state index contributed by atoms with van der Waals surface area (Å²) < 4.78 is 11.2. The highest BCUT2D eigenvalue weighted by Crippen LogP contribution is 2.22. The standard InChI is InChI=1S/C19H21NO5/c21-18(20-10-11-24-16(13-20)12-19(22)23)9-7-15-6-8-17(25-15)14-4-2-1-3-5-14/h1-6,8,16H,7,9-13H2,(H,22,23). The highest BCUT2D eigenvalue weighted by Gasteiger charge is 2.25. The fourth-order valence-electron chi connectivity index (χ4n) is 2.92. The van der Waals surface area contributed by atoms with Crippen molar-refractivity contribution in [3.8, 4) is 11.3 Å². The molecule has 0 bridgehead atoms. The number of ether oxygens (including phenoxy) is 1. The summed E-state index contributed by atoms with van der Waals surface area (Å²) in [6, 6.07) is 13.6. The minimum Gasteiger partial charge on any atom is -0.481 e. The maximum atomic E-state index is 12.4. The molecular weight excluding hydrogens is 322 g/mol. The van der Waals surface area contributed by atoms with Crippen molar-refractivity contribution in [1.82, 2.24) is 4.90 Å². The number of hydrogen-bond acceptors (Lipinski definition) is 4. The first-order valence-corrected chi connectivity index (χ1v) is 8.37. The van der Waals surface area contributed by atoms with E-state index < -0.39 is 12.1 Å². The number of nitrogens with zero attached hydrogens (tertiary/aromatic N) is 1. The van der Waals surface area contributed by atoms with Crippen molar-refractivity contribution in [3.63, 3.8) is 0 Å². The fraction of sp³-hybridized carbons (Fsp3) is 0.368. The molecule has 132 valence electrons. The lowest BCUT2D eigenvalue weighted by atomic mass is 10.1. The predicted molar refractivity (Wildman–Crippen MR) is 91.0 cm³/mol. The Kier molecular flexibility index (Phi) is 5.50. The molecule has 1 amide bonds. The summed E-state index contributed by atoms with van der Waals surface area (Å²) in [6.45, 7) is 1.21.